The number of azo groups is 1. The minimum atomic E-state index is 0.240. The summed E-state index contributed by atoms with van der Waals surface area (Å²) in [6.07, 6.45) is 1.44. The number of oxime groups is 1. The van der Waals surface area contributed by atoms with Crippen LogP contribution in [0.4, 0.5) is 0 Å². The molecule has 0 saturated heterocycles. The van der Waals surface area contributed by atoms with Gasteiger partial charge in [-0.15, -0.1) is 0 Å². The third-order valence-electron chi connectivity index (χ3n) is 5.07. The summed E-state index contributed by atoms with van der Waals surface area (Å²) in [5.41, 5.74) is 2.29. The first-order chi connectivity index (χ1) is 9.33. The SMILES string of the molecule is Brc1ccc(C2=NOC3C2[C@@H]2C[C@H]3[C@H]3N=N[C@H]32)cc1. The summed E-state index contributed by atoms with van der Waals surface area (Å²) in [7, 11) is 0. The lowest BCUT2D eigenvalue weighted by Crippen LogP contribution is -2.47. The summed E-state index contributed by atoms with van der Waals surface area (Å²) >= 11 is 3.47. The Balaban J connectivity index is 1.53. The van der Waals surface area contributed by atoms with Crippen LogP contribution >= 0.6 is 15.9 Å². The number of nitrogens with zero attached hydrogens (tertiary/aromatic N) is 3. The van der Waals surface area contributed by atoms with Gasteiger partial charge in [0.05, 0.1) is 17.7 Å². The Bertz CT molecular complexity index is 612. The minimum absolute atomic E-state index is 0.240. The highest BCUT2D eigenvalue weighted by molar-refractivity contribution is 9.10. The van der Waals surface area contributed by atoms with Gasteiger partial charge in [0.25, 0.3) is 0 Å². The lowest BCUT2D eigenvalue weighted by molar-refractivity contribution is 0.00785. The van der Waals surface area contributed by atoms with Crippen molar-refractivity contribution in [2.24, 2.45) is 33.1 Å². The van der Waals surface area contributed by atoms with Crippen LogP contribution in [0.5, 0.6) is 0 Å². The molecule has 5 rings (SSSR count). The molecule has 6 atom stereocenters. The molecular weight excluding hydrogens is 306 g/mol. The fourth-order valence-electron chi connectivity index (χ4n) is 4.24. The zero-order chi connectivity index (χ0) is 12.6. The highest BCUT2D eigenvalue weighted by Crippen LogP contribution is 2.58. The van der Waals surface area contributed by atoms with E-state index in [0.29, 0.717) is 29.8 Å². The molecule has 4 aliphatic rings. The number of hydrogen-bond donors (Lipinski definition) is 0. The molecule has 5 heteroatoms. The fourth-order valence-corrected chi connectivity index (χ4v) is 4.50. The van der Waals surface area contributed by atoms with Crippen LogP contribution in [0.1, 0.15) is 12.0 Å². The van der Waals surface area contributed by atoms with Gasteiger partial charge in [-0.25, -0.2) is 0 Å². The summed E-state index contributed by atoms with van der Waals surface area (Å²) in [6, 6.07) is 9.20. The molecule has 0 radical (unpaired) electrons. The zero-order valence-corrected chi connectivity index (χ0v) is 11.7. The monoisotopic (exact) mass is 317 g/mol. The van der Waals surface area contributed by atoms with Gasteiger partial charge in [-0.1, -0.05) is 33.2 Å². The second kappa shape index (κ2) is 3.45. The quantitative estimate of drug-likeness (QED) is 0.785. The van der Waals surface area contributed by atoms with Crippen LogP contribution < -0.4 is 0 Å². The van der Waals surface area contributed by atoms with Gasteiger partial charge in [-0.05, 0) is 30.0 Å². The third-order valence-corrected chi connectivity index (χ3v) is 5.60. The maximum atomic E-state index is 5.74. The van der Waals surface area contributed by atoms with E-state index < -0.39 is 0 Å². The van der Waals surface area contributed by atoms with E-state index in [9.17, 15) is 0 Å². The van der Waals surface area contributed by atoms with E-state index in [2.05, 4.69) is 55.6 Å². The third kappa shape index (κ3) is 1.22. The molecule has 2 heterocycles. The molecule has 0 amide bonds. The van der Waals surface area contributed by atoms with Crippen LogP contribution in [0, 0.1) is 17.8 Å². The van der Waals surface area contributed by atoms with Crippen LogP contribution in [0.3, 0.4) is 0 Å². The smallest absolute Gasteiger partial charge is 0.141 e. The molecule has 2 aliphatic carbocycles. The molecule has 19 heavy (non-hydrogen) atoms. The maximum absolute atomic E-state index is 5.74. The van der Waals surface area contributed by atoms with E-state index in [-0.39, 0.29) is 6.10 Å². The number of rotatable bonds is 1. The number of benzene rings is 1. The molecule has 2 unspecified atom stereocenters. The topological polar surface area (TPSA) is 46.3 Å². The van der Waals surface area contributed by atoms with Crippen LogP contribution in [-0.4, -0.2) is 23.9 Å². The summed E-state index contributed by atoms with van der Waals surface area (Å²) in [5.74, 6) is 1.54. The average molecular weight is 318 g/mol. The Morgan fingerprint density at radius 2 is 1.79 bits per heavy atom. The molecule has 2 aliphatic heterocycles. The molecule has 2 fully saturated rings. The molecule has 0 N–H and O–H groups in total. The molecule has 0 spiro atoms. The molecular formula is C14H12BrN3O. The van der Waals surface area contributed by atoms with Gasteiger partial charge in [0.2, 0.25) is 0 Å². The van der Waals surface area contributed by atoms with Crippen molar-refractivity contribution in [3.05, 3.63) is 34.3 Å². The largest absolute Gasteiger partial charge is 0.391 e. The predicted molar refractivity (Wildman–Crippen MR) is 73.1 cm³/mol. The Labute approximate surface area is 119 Å². The second-order valence-corrected chi connectivity index (χ2v) is 6.77. The summed E-state index contributed by atoms with van der Waals surface area (Å²) in [6.45, 7) is 0. The van der Waals surface area contributed by atoms with E-state index >= 15 is 0 Å². The van der Waals surface area contributed by atoms with Crippen molar-refractivity contribution in [3.8, 4) is 0 Å². The Morgan fingerprint density at radius 1 is 1.05 bits per heavy atom. The first kappa shape index (κ1) is 10.5. The zero-order valence-electron chi connectivity index (χ0n) is 10.1. The van der Waals surface area contributed by atoms with Crippen molar-refractivity contribution in [2.45, 2.75) is 24.6 Å². The van der Waals surface area contributed by atoms with Gasteiger partial charge in [-0.2, -0.15) is 10.2 Å². The second-order valence-electron chi connectivity index (χ2n) is 5.85. The van der Waals surface area contributed by atoms with Crippen molar-refractivity contribution in [1.29, 1.82) is 0 Å². The number of halogens is 1. The van der Waals surface area contributed by atoms with E-state index in [1.54, 1.807) is 0 Å². The van der Waals surface area contributed by atoms with Gasteiger partial charge < -0.3 is 4.84 Å². The minimum Gasteiger partial charge on any atom is -0.391 e. The number of hydrogen-bond acceptors (Lipinski definition) is 4. The normalized spacial score (nSPS) is 44.4. The summed E-state index contributed by atoms with van der Waals surface area (Å²) < 4.78 is 1.09. The Morgan fingerprint density at radius 3 is 2.53 bits per heavy atom. The van der Waals surface area contributed by atoms with Crippen molar-refractivity contribution >= 4 is 21.6 Å². The van der Waals surface area contributed by atoms with Gasteiger partial charge in [0, 0.05) is 10.4 Å². The first-order valence-electron chi connectivity index (χ1n) is 6.72. The standard InChI is InChI=1S/C14H12BrN3O/c15-7-3-1-6(2-4-7)11-10-8-5-9(14(10)19-18-11)13-12(8)16-17-13/h1-4,8-10,12-14H,5H2/t8-,9-,10?,12-,13+,14?/m0/s1. The molecule has 0 aromatic heterocycles. The Hall–Kier alpha value is -1.23. The summed E-state index contributed by atoms with van der Waals surface area (Å²) in [4.78, 5) is 5.74. The van der Waals surface area contributed by atoms with Crippen molar-refractivity contribution in [3.63, 3.8) is 0 Å². The van der Waals surface area contributed by atoms with E-state index in [0.717, 1.165) is 10.2 Å². The maximum Gasteiger partial charge on any atom is 0.141 e. The van der Waals surface area contributed by atoms with Crippen molar-refractivity contribution in [1.82, 2.24) is 0 Å². The molecule has 1 aromatic rings. The van der Waals surface area contributed by atoms with Crippen LogP contribution in [0.2, 0.25) is 0 Å². The highest BCUT2D eigenvalue weighted by Gasteiger charge is 2.65. The predicted octanol–water partition coefficient (Wildman–Crippen LogP) is 3.02. The molecule has 1 aromatic carbocycles. The summed E-state index contributed by atoms with van der Waals surface area (Å²) in [5, 5.41) is 13.0. The van der Waals surface area contributed by atoms with Crippen molar-refractivity contribution < 1.29 is 4.84 Å². The lowest BCUT2D eigenvalue weighted by atomic mass is 9.76. The Kier molecular flexibility index (Phi) is 1.91. The lowest BCUT2D eigenvalue weighted by Gasteiger charge is -2.36. The van der Waals surface area contributed by atoms with Crippen LogP contribution in [0.15, 0.2) is 44.1 Å². The van der Waals surface area contributed by atoms with Gasteiger partial charge in [0.1, 0.15) is 12.1 Å². The molecule has 2 bridgehead atoms. The van der Waals surface area contributed by atoms with Gasteiger partial charge >= 0.3 is 0 Å². The first-order valence-corrected chi connectivity index (χ1v) is 7.52. The average Bonchev–Trinajstić information content (AvgIpc) is 2.98. The van der Waals surface area contributed by atoms with E-state index in [1.165, 1.54) is 12.0 Å². The number of fused-ring (bicyclic) bond motifs is 8. The van der Waals surface area contributed by atoms with E-state index in [4.69, 9.17) is 4.84 Å². The van der Waals surface area contributed by atoms with Gasteiger partial charge in [-0.3, -0.25) is 0 Å². The van der Waals surface area contributed by atoms with Crippen LogP contribution in [0.25, 0.3) is 0 Å². The molecule has 4 nitrogen and oxygen atoms in total. The molecule has 2 saturated carbocycles. The highest BCUT2D eigenvalue weighted by atomic mass is 79.9. The van der Waals surface area contributed by atoms with Gasteiger partial charge in [0.15, 0.2) is 0 Å². The fraction of sp³-hybridized carbons (Fsp3) is 0.500. The van der Waals surface area contributed by atoms with Crippen LogP contribution in [-0.2, 0) is 4.84 Å². The molecule has 96 valence electrons. The van der Waals surface area contributed by atoms with E-state index in [1.807, 2.05) is 0 Å². The van der Waals surface area contributed by atoms with Crippen molar-refractivity contribution in [2.75, 3.05) is 0 Å².